The Bertz CT molecular complexity index is 653. The summed E-state index contributed by atoms with van der Waals surface area (Å²) in [5.74, 6) is -2.84. The fourth-order valence-electron chi connectivity index (χ4n) is 2.61. The van der Waals surface area contributed by atoms with E-state index >= 15 is 0 Å². The van der Waals surface area contributed by atoms with E-state index < -0.39 is 28.5 Å². The zero-order valence-electron chi connectivity index (χ0n) is 11.1. The van der Waals surface area contributed by atoms with Crippen LogP contribution in [0.15, 0.2) is 48.1 Å². The highest BCUT2D eigenvalue weighted by atomic mass is 16.4. The number of hydrogen-bond donors (Lipinski definition) is 4. The number of carboxylic acids is 2. The summed E-state index contributed by atoms with van der Waals surface area (Å²) in [4.78, 5) is 23.1. The lowest BCUT2D eigenvalue weighted by Crippen LogP contribution is -2.57. The Morgan fingerprint density at radius 1 is 1.10 bits per heavy atom. The van der Waals surface area contributed by atoms with Gasteiger partial charge in [0.1, 0.15) is 16.8 Å². The van der Waals surface area contributed by atoms with Gasteiger partial charge in [0.25, 0.3) is 0 Å². The molecular weight excluding hydrogens is 276 g/mol. The molecule has 0 saturated carbocycles. The van der Waals surface area contributed by atoms with Crippen LogP contribution in [0.2, 0.25) is 0 Å². The lowest BCUT2D eigenvalue weighted by atomic mass is 9.62. The summed E-state index contributed by atoms with van der Waals surface area (Å²) in [6.07, 6.45) is 3.71. The molecule has 110 valence electrons. The minimum absolute atomic E-state index is 0.0623. The number of phenolic OH excluding ortho intramolecular Hbond substituents is 1. The van der Waals surface area contributed by atoms with Gasteiger partial charge in [-0.05, 0) is 30.7 Å². The highest BCUT2D eigenvalue weighted by Gasteiger charge is 2.57. The molecule has 1 aliphatic rings. The van der Waals surface area contributed by atoms with Crippen LogP contribution in [-0.4, -0.2) is 38.0 Å². The van der Waals surface area contributed by atoms with E-state index in [0.29, 0.717) is 0 Å². The lowest BCUT2D eigenvalue weighted by Gasteiger charge is -2.42. The molecule has 0 radical (unpaired) electrons. The van der Waals surface area contributed by atoms with E-state index in [0.717, 1.165) is 6.92 Å². The fourth-order valence-corrected chi connectivity index (χ4v) is 2.61. The average Bonchev–Trinajstić information content (AvgIpc) is 2.38. The number of benzene rings is 1. The Balaban J connectivity index is 2.72. The average molecular weight is 290 g/mol. The molecule has 1 aromatic rings. The Labute approximate surface area is 120 Å². The number of aromatic hydroxyl groups is 1. The zero-order chi connectivity index (χ0) is 15.8. The van der Waals surface area contributed by atoms with Gasteiger partial charge in [-0.1, -0.05) is 24.3 Å². The molecular formula is C15H14O6. The van der Waals surface area contributed by atoms with E-state index in [1.54, 1.807) is 0 Å². The summed E-state index contributed by atoms with van der Waals surface area (Å²) < 4.78 is 0. The third-order valence-corrected chi connectivity index (χ3v) is 3.79. The van der Waals surface area contributed by atoms with Gasteiger partial charge in [-0.3, -0.25) is 4.79 Å². The topological polar surface area (TPSA) is 115 Å². The first kappa shape index (κ1) is 14.8. The first-order chi connectivity index (χ1) is 9.73. The van der Waals surface area contributed by atoms with Crippen molar-refractivity contribution in [1.29, 1.82) is 0 Å². The molecule has 4 N–H and O–H groups in total. The van der Waals surface area contributed by atoms with Crippen LogP contribution in [0.5, 0.6) is 5.75 Å². The smallest absolute Gasteiger partial charge is 0.334 e. The van der Waals surface area contributed by atoms with Gasteiger partial charge in [-0.25, -0.2) is 4.79 Å². The molecule has 1 aliphatic carbocycles. The predicted octanol–water partition coefficient (Wildman–Crippen LogP) is 1.05. The molecule has 0 spiro atoms. The van der Waals surface area contributed by atoms with Crippen molar-refractivity contribution in [3.8, 4) is 5.75 Å². The number of hydrogen-bond acceptors (Lipinski definition) is 4. The van der Waals surface area contributed by atoms with Gasteiger partial charge in [0, 0.05) is 0 Å². The first-order valence-electron chi connectivity index (χ1n) is 6.12. The predicted molar refractivity (Wildman–Crippen MR) is 72.9 cm³/mol. The SMILES string of the molecule is CC1(O)C(C(=O)O)=CC=CC1(C(=O)O)c1ccc(O)cc1. The largest absolute Gasteiger partial charge is 0.508 e. The molecule has 0 heterocycles. The number of aliphatic carboxylic acids is 2. The number of phenols is 1. The number of rotatable bonds is 3. The number of allylic oxidation sites excluding steroid dienone is 2. The molecule has 2 rings (SSSR count). The molecule has 2 atom stereocenters. The van der Waals surface area contributed by atoms with E-state index in [9.17, 15) is 30.0 Å². The summed E-state index contributed by atoms with van der Waals surface area (Å²) in [6, 6.07) is 5.24. The van der Waals surface area contributed by atoms with Crippen LogP contribution in [-0.2, 0) is 15.0 Å². The van der Waals surface area contributed by atoms with Crippen LogP contribution in [0.4, 0.5) is 0 Å². The molecule has 0 aliphatic heterocycles. The maximum absolute atomic E-state index is 11.9. The van der Waals surface area contributed by atoms with Gasteiger partial charge in [0.05, 0.1) is 5.57 Å². The van der Waals surface area contributed by atoms with Gasteiger partial charge in [-0.15, -0.1) is 0 Å². The van der Waals surface area contributed by atoms with E-state index in [4.69, 9.17) is 0 Å². The molecule has 21 heavy (non-hydrogen) atoms. The monoisotopic (exact) mass is 290 g/mol. The molecule has 6 nitrogen and oxygen atoms in total. The van der Waals surface area contributed by atoms with Gasteiger partial charge in [0.15, 0.2) is 0 Å². The minimum Gasteiger partial charge on any atom is -0.508 e. The van der Waals surface area contributed by atoms with E-state index in [1.165, 1.54) is 42.5 Å². The Hall–Kier alpha value is -2.60. The van der Waals surface area contributed by atoms with Crippen molar-refractivity contribution in [2.45, 2.75) is 17.9 Å². The van der Waals surface area contributed by atoms with Crippen LogP contribution in [0.3, 0.4) is 0 Å². The summed E-state index contributed by atoms with van der Waals surface area (Å²) in [7, 11) is 0. The van der Waals surface area contributed by atoms with Gasteiger partial charge >= 0.3 is 11.9 Å². The summed E-state index contributed by atoms with van der Waals surface area (Å²) in [5.41, 5.74) is -4.36. The van der Waals surface area contributed by atoms with Crippen LogP contribution in [0, 0.1) is 0 Å². The lowest BCUT2D eigenvalue weighted by molar-refractivity contribution is -0.151. The van der Waals surface area contributed by atoms with Gasteiger partial charge in [0.2, 0.25) is 0 Å². The van der Waals surface area contributed by atoms with E-state index in [1.807, 2.05) is 0 Å². The summed E-state index contributed by atoms with van der Waals surface area (Å²) >= 11 is 0. The Morgan fingerprint density at radius 3 is 2.14 bits per heavy atom. The van der Waals surface area contributed by atoms with E-state index in [2.05, 4.69) is 0 Å². The second kappa shape index (κ2) is 4.75. The second-order valence-electron chi connectivity index (χ2n) is 4.98. The highest BCUT2D eigenvalue weighted by Crippen LogP contribution is 2.44. The zero-order valence-corrected chi connectivity index (χ0v) is 11.1. The first-order valence-corrected chi connectivity index (χ1v) is 6.12. The third kappa shape index (κ3) is 2.00. The van der Waals surface area contributed by atoms with Crippen molar-refractivity contribution in [2.24, 2.45) is 0 Å². The van der Waals surface area contributed by atoms with E-state index in [-0.39, 0.29) is 11.3 Å². The van der Waals surface area contributed by atoms with Crippen LogP contribution >= 0.6 is 0 Å². The van der Waals surface area contributed by atoms with Crippen molar-refractivity contribution < 1.29 is 30.0 Å². The number of aliphatic hydroxyl groups is 1. The van der Waals surface area contributed by atoms with Crippen molar-refractivity contribution in [1.82, 2.24) is 0 Å². The minimum atomic E-state index is -2.16. The normalized spacial score (nSPS) is 28.0. The number of carbonyl (C=O) groups is 2. The fraction of sp³-hybridized carbons (Fsp3) is 0.200. The molecule has 0 saturated heterocycles. The second-order valence-corrected chi connectivity index (χ2v) is 4.98. The van der Waals surface area contributed by atoms with Crippen molar-refractivity contribution in [2.75, 3.05) is 0 Å². The van der Waals surface area contributed by atoms with Crippen LogP contribution in [0.25, 0.3) is 0 Å². The van der Waals surface area contributed by atoms with Gasteiger partial charge < -0.3 is 20.4 Å². The maximum Gasteiger partial charge on any atom is 0.334 e. The third-order valence-electron chi connectivity index (χ3n) is 3.79. The molecule has 1 aromatic carbocycles. The molecule has 2 unspecified atom stereocenters. The standard InChI is InChI=1S/C15H14O6/c1-14(21)11(12(17)18)3-2-8-15(14,13(19)20)9-4-6-10(16)7-5-9/h2-8,16,21H,1H3,(H,17,18)(H,19,20). The molecule has 0 aromatic heterocycles. The quantitative estimate of drug-likeness (QED) is 0.661. The van der Waals surface area contributed by atoms with Crippen molar-refractivity contribution >= 4 is 11.9 Å². The number of carboxylic acid groups (broad SMARTS) is 2. The highest BCUT2D eigenvalue weighted by molar-refractivity contribution is 5.96. The van der Waals surface area contributed by atoms with Crippen LogP contribution in [0.1, 0.15) is 12.5 Å². The summed E-state index contributed by atoms with van der Waals surface area (Å²) in [5, 5.41) is 38.8. The van der Waals surface area contributed by atoms with Crippen molar-refractivity contribution in [3.63, 3.8) is 0 Å². The molecule has 0 amide bonds. The van der Waals surface area contributed by atoms with Gasteiger partial charge in [-0.2, -0.15) is 0 Å². The van der Waals surface area contributed by atoms with Crippen LogP contribution < -0.4 is 0 Å². The summed E-state index contributed by atoms with van der Waals surface area (Å²) in [6.45, 7) is 1.15. The maximum atomic E-state index is 11.9. The Kier molecular flexibility index (Phi) is 3.35. The molecule has 0 fully saturated rings. The molecule has 0 bridgehead atoms. The Morgan fingerprint density at radius 2 is 1.67 bits per heavy atom. The van der Waals surface area contributed by atoms with Crippen molar-refractivity contribution in [3.05, 3.63) is 53.6 Å². The molecule has 6 heteroatoms.